The summed E-state index contributed by atoms with van der Waals surface area (Å²) in [5.41, 5.74) is 0.789. The summed E-state index contributed by atoms with van der Waals surface area (Å²) in [4.78, 5) is 15.1. The lowest BCUT2D eigenvalue weighted by atomic mass is 9.96. The number of halogens is 3. The number of allylic oxidation sites excluding steroid dienone is 2. The fourth-order valence-corrected chi connectivity index (χ4v) is 4.76. The average Bonchev–Trinajstić information content (AvgIpc) is 3.01. The number of piperidine rings is 1. The highest BCUT2D eigenvalue weighted by atomic mass is 19.4. The number of fused-ring (bicyclic) bond motifs is 1. The average molecular weight is 420 g/mol. The van der Waals surface area contributed by atoms with Crippen molar-refractivity contribution in [1.82, 2.24) is 19.5 Å². The molecule has 1 saturated carbocycles. The van der Waals surface area contributed by atoms with Crippen LogP contribution in [0.25, 0.3) is 5.65 Å². The van der Waals surface area contributed by atoms with Gasteiger partial charge in [-0.05, 0) is 50.2 Å². The lowest BCUT2D eigenvalue weighted by Crippen LogP contribution is -2.41. The molecular formula is C22H27F3N4O. The van der Waals surface area contributed by atoms with Crippen LogP contribution >= 0.6 is 0 Å². The zero-order valence-corrected chi connectivity index (χ0v) is 17.7. The lowest BCUT2D eigenvalue weighted by Gasteiger charge is -2.32. The topological polar surface area (TPSA) is 50.5 Å². The summed E-state index contributed by atoms with van der Waals surface area (Å²) >= 11 is 0. The second kappa shape index (κ2) is 7.10. The number of rotatable bonds is 3. The first-order valence-corrected chi connectivity index (χ1v) is 10.4. The van der Waals surface area contributed by atoms with Gasteiger partial charge in [-0.3, -0.25) is 9.20 Å². The van der Waals surface area contributed by atoms with Crippen molar-refractivity contribution in [2.45, 2.75) is 52.6 Å². The molecule has 4 rings (SSSR count). The van der Waals surface area contributed by atoms with Crippen molar-refractivity contribution in [3.05, 3.63) is 41.4 Å². The zero-order chi connectivity index (χ0) is 21.8. The van der Waals surface area contributed by atoms with Gasteiger partial charge >= 0.3 is 6.18 Å². The van der Waals surface area contributed by atoms with E-state index in [-0.39, 0.29) is 29.1 Å². The lowest BCUT2D eigenvalue weighted by molar-refractivity contribution is -0.138. The van der Waals surface area contributed by atoms with E-state index in [0.29, 0.717) is 24.6 Å². The second-order valence-electron chi connectivity index (χ2n) is 9.39. The van der Waals surface area contributed by atoms with E-state index in [4.69, 9.17) is 0 Å². The quantitative estimate of drug-likeness (QED) is 0.677. The van der Waals surface area contributed by atoms with E-state index >= 15 is 0 Å². The van der Waals surface area contributed by atoms with Crippen LogP contribution < -0.4 is 0 Å². The molecule has 3 atom stereocenters. The Morgan fingerprint density at radius 1 is 1.23 bits per heavy atom. The maximum absolute atomic E-state index is 13.2. The van der Waals surface area contributed by atoms with Crippen LogP contribution in [-0.2, 0) is 11.0 Å². The molecule has 2 aliphatic rings. The van der Waals surface area contributed by atoms with Gasteiger partial charge in [0.05, 0.1) is 11.5 Å². The van der Waals surface area contributed by atoms with Crippen molar-refractivity contribution in [1.29, 1.82) is 0 Å². The van der Waals surface area contributed by atoms with Gasteiger partial charge in [0.25, 0.3) is 0 Å². The minimum absolute atomic E-state index is 0.0434. The molecule has 2 aromatic heterocycles. The highest BCUT2D eigenvalue weighted by molar-refractivity contribution is 5.84. The van der Waals surface area contributed by atoms with E-state index in [1.165, 1.54) is 16.0 Å². The normalized spacial score (nSPS) is 26.0. The van der Waals surface area contributed by atoms with Crippen LogP contribution in [0, 0.1) is 17.3 Å². The molecular weight excluding hydrogens is 393 g/mol. The number of hydrogen-bond acceptors (Lipinski definition) is 3. The molecule has 0 N–H and O–H groups in total. The molecule has 30 heavy (non-hydrogen) atoms. The summed E-state index contributed by atoms with van der Waals surface area (Å²) in [6.45, 7) is 9.45. The molecule has 0 bridgehead atoms. The summed E-state index contributed by atoms with van der Waals surface area (Å²) < 4.78 is 40.9. The van der Waals surface area contributed by atoms with Gasteiger partial charge in [0.15, 0.2) is 5.65 Å². The van der Waals surface area contributed by atoms with Gasteiger partial charge in [0, 0.05) is 25.2 Å². The third-order valence-electron chi connectivity index (χ3n) is 6.54. The van der Waals surface area contributed by atoms with Crippen molar-refractivity contribution >= 4 is 11.6 Å². The van der Waals surface area contributed by atoms with Gasteiger partial charge in [0.1, 0.15) is 5.82 Å². The number of hydrogen-bond donors (Lipinski definition) is 0. The maximum Gasteiger partial charge on any atom is 0.417 e. The zero-order valence-electron chi connectivity index (χ0n) is 17.7. The van der Waals surface area contributed by atoms with Crippen LogP contribution in [0.2, 0.25) is 0 Å². The Hall–Kier alpha value is -2.38. The van der Waals surface area contributed by atoms with E-state index < -0.39 is 11.7 Å². The van der Waals surface area contributed by atoms with Crippen molar-refractivity contribution in [3.63, 3.8) is 0 Å². The molecule has 2 fully saturated rings. The number of carbonyl (C=O) groups excluding carboxylic acids is 1. The smallest absolute Gasteiger partial charge is 0.342 e. The highest BCUT2D eigenvalue weighted by Crippen LogP contribution is 2.60. The molecule has 8 heteroatoms. The Morgan fingerprint density at radius 2 is 1.97 bits per heavy atom. The molecule has 162 valence electrons. The maximum atomic E-state index is 13.2. The molecule has 5 nitrogen and oxygen atoms in total. The Balaban J connectivity index is 1.56. The monoisotopic (exact) mass is 420 g/mol. The molecule has 1 aliphatic heterocycles. The Labute approximate surface area is 174 Å². The Kier molecular flexibility index (Phi) is 4.94. The van der Waals surface area contributed by atoms with Crippen LogP contribution in [-0.4, -0.2) is 38.5 Å². The molecule has 3 heterocycles. The SMILES string of the molecule is CC(C)=CC1C(C(=O)N2CCCC(c3nnc4ccc(C(F)(F)F)cn34)C2)C1(C)C. The van der Waals surface area contributed by atoms with Crippen molar-refractivity contribution in [2.75, 3.05) is 13.1 Å². The molecule has 3 unspecified atom stereocenters. The molecule has 0 spiro atoms. The summed E-state index contributed by atoms with van der Waals surface area (Å²) in [6, 6.07) is 2.35. The predicted octanol–water partition coefficient (Wildman–Crippen LogP) is 4.69. The van der Waals surface area contributed by atoms with Crippen LogP contribution in [0.3, 0.4) is 0 Å². The van der Waals surface area contributed by atoms with E-state index in [0.717, 1.165) is 25.1 Å². The fourth-order valence-electron chi connectivity index (χ4n) is 4.76. The van der Waals surface area contributed by atoms with Gasteiger partial charge in [0.2, 0.25) is 5.91 Å². The van der Waals surface area contributed by atoms with E-state index in [1.807, 2.05) is 18.7 Å². The van der Waals surface area contributed by atoms with Gasteiger partial charge in [-0.1, -0.05) is 25.5 Å². The van der Waals surface area contributed by atoms with Crippen LogP contribution in [0.4, 0.5) is 13.2 Å². The number of carbonyl (C=O) groups is 1. The van der Waals surface area contributed by atoms with Crippen LogP contribution in [0.1, 0.15) is 57.8 Å². The van der Waals surface area contributed by atoms with Crippen molar-refractivity contribution < 1.29 is 18.0 Å². The molecule has 1 aliphatic carbocycles. The van der Waals surface area contributed by atoms with Crippen molar-refractivity contribution in [3.8, 4) is 0 Å². The number of pyridine rings is 1. The summed E-state index contributed by atoms with van der Waals surface area (Å²) in [6.07, 6.45) is 0.369. The van der Waals surface area contributed by atoms with E-state index in [9.17, 15) is 18.0 Å². The first-order chi connectivity index (χ1) is 14.0. The molecule has 1 amide bonds. The number of likely N-dealkylation sites (tertiary alicyclic amines) is 1. The minimum atomic E-state index is -4.43. The predicted molar refractivity (Wildman–Crippen MR) is 107 cm³/mol. The summed E-state index contributed by atoms with van der Waals surface area (Å²) in [5.74, 6) is 0.684. The van der Waals surface area contributed by atoms with E-state index in [1.54, 1.807) is 0 Å². The standard InChI is InChI=1S/C22H27F3N4O/c1-13(2)10-16-18(21(16,3)4)20(30)28-9-5-6-14(11-28)19-27-26-17-8-7-15(12-29(17)19)22(23,24)25/h7-8,10,12,14,16,18H,5-6,9,11H2,1-4H3. The number of nitrogens with zero attached hydrogens (tertiary/aromatic N) is 4. The summed E-state index contributed by atoms with van der Waals surface area (Å²) in [7, 11) is 0. The Bertz CT molecular complexity index is 1000. The van der Waals surface area contributed by atoms with Crippen LogP contribution in [0.5, 0.6) is 0 Å². The van der Waals surface area contributed by atoms with Gasteiger partial charge < -0.3 is 4.90 Å². The van der Waals surface area contributed by atoms with Gasteiger partial charge in [-0.2, -0.15) is 13.2 Å². The Morgan fingerprint density at radius 3 is 2.63 bits per heavy atom. The summed E-state index contributed by atoms with van der Waals surface area (Å²) in [5, 5.41) is 8.21. The van der Waals surface area contributed by atoms with Gasteiger partial charge in [-0.25, -0.2) is 0 Å². The first kappa shape index (κ1) is 20.9. The number of alkyl halides is 3. The fraction of sp³-hybridized carbons (Fsp3) is 0.591. The number of amides is 1. The molecule has 0 aromatic carbocycles. The molecule has 0 radical (unpaired) electrons. The largest absolute Gasteiger partial charge is 0.417 e. The van der Waals surface area contributed by atoms with Crippen molar-refractivity contribution in [2.24, 2.45) is 17.3 Å². The highest BCUT2D eigenvalue weighted by Gasteiger charge is 2.61. The minimum Gasteiger partial charge on any atom is -0.342 e. The van der Waals surface area contributed by atoms with Gasteiger partial charge in [-0.15, -0.1) is 10.2 Å². The van der Waals surface area contributed by atoms with Crippen LogP contribution in [0.15, 0.2) is 30.0 Å². The molecule has 1 saturated heterocycles. The first-order valence-electron chi connectivity index (χ1n) is 10.4. The second-order valence-corrected chi connectivity index (χ2v) is 9.39. The van der Waals surface area contributed by atoms with E-state index in [2.05, 4.69) is 30.1 Å². The molecule has 2 aromatic rings. The number of aromatic nitrogens is 3. The third kappa shape index (κ3) is 3.61. The third-order valence-corrected chi connectivity index (χ3v) is 6.54.